The number of furan rings is 3. The lowest BCUT2D eigenvalue weighted by atomic mass is 10.0. The molecule has 0 radical (unpaired) electrons. The van der Waals surface area contributed by atoms with E-state index < -0.39 is 0 Å². The van der Waals surface area contributed by atoms with Crippen LogP contribution in [-0.4, -0.2) is 9.97 Å². The lowest BCUT2D eigenvalue weighted by Gasteiger charge is -2.26. The van der Waals surface area contributed by atoms with Gasteiger partial charge in [-0.05, 0) is 71.8 Å². The van der Waals surface area contributed by atoms with Crippen LogP contribution in [-0.2, 0) is 0 Å². The van der Waals surface area contributed by atoms with Crippen molar-refractivity contribution in [3.63, 3.8) is 0 Å². The summed E-state index contributed by atoms with van der Waals surface area (Å²) in [6.07, 6.45) is 3.53. The van der Waals surface area contributed by atoms with E-state index in [0.29, 0.717) is 11.4 Å². The quantitative estimate of drug-likeness (QED) is 0.182. The van der Waals surface area contributed by atoms with Gasteiger partial charge in [-0.2, -0.15) is 0 Å². The molecule has 5 aromatic heterocycles. The minimum absolute atomic E-state index is 0.642. The zero-order valence-corrected chi connectivity index (χ0v) is 27.7. The lowest BCUT2D eigenvalue weighted by Crippen LogP contribution is -2.10. The highest BCUT2D eigenvalue weighted by atomic mass is 16.3. The standard InChI is InChI=1S/C46H27N3O3/c1-2-17-41-34(8-1)35-13-5-16-40(44(35)50-41)49(30-22-18-28(19-23-30)32-9-3-11-36-38-14-6-26-47-45(38)51-42(32)36)31-24-20-29(21-25-31)33-10-4-12-37-39-15-7-27-48-46(39)52-43(33)37/h1-27H. The molecule has 11 rings (SSSR count). The molecular weight excluding hydrogens is 643 g/mol. The summed E-state index contributed by atoms with van der Waals surface area (Å²) >= 11 is 0. The molecule has 0 spiro atoms. The molecule has 0 aliphatic carbocycles. The molecule has 244 valence electrons. The molecule has 0 saturated heterocycles. The van der Waals surface area contributed by atoms with Gasteiger partial charge < -0.3 is 18.2 Å². The Labute approximate surface area is 296 Å². The van der Waals surface area contributed by atoms with E-state index >= 15 is 0 Å². The van der Waals surface area contributed by atoms with Crippen LogP contribution in [0.25, 0.3) is 88.3 Å². The highest BCUT2D eigenvalue weighted by Crippen LogP contribution is 2.44. The average Bonchev–Trinajstić information content (AvgIpc) is 3.90. The largest absolute Gasteiger partial charge is 0.454 e. The molecule has 5 heterocycles. The first-order valence-electron chi connectivity index (χ1n) is 17.2. The van der Waals surface area contributed by atoms with E-state index in [0.717, 1.165) is 94.0 Å². The van der Waals surface area contributed by atoms with Gasteiger partial charge in [0.25, 0.3) is 0 Å². The van der Waals surface area contributed by atoms with Gasteiger partial charge in [0.15, 0.2) is 5.58 Å². The van der Waals surface area contributed by atoms with Gasteiger partial charge in [0, 0.05) is 67.2 Å². The van der Waals surface area contributed by atoms with Crippen molar-refractivity contribution in [3.8, 4) is 22.3 Å². The number of pyridine rings is 2. The maximum absolute atomic E-state index is 6.57. The molecule has 0 unspecified atom stereocenters. The predicted octanol–water partition coefficient (Wildman–Crippen LogP) is 13.0. The van der Waals surface area contributed by atoms with Crippen molar-refractivity contribution in [2.75, 3.05) is 4.90 Å². The van der Waals surface area contributed by atoms with E-state index in [1.54, 1.807) is 12.4 Å². The molecule has 0 amide bonds. The molecule has 0 aliphatic heterocycles. The Morgan fingerprint density at radius 1 is 0.365 bits per heavy atom. The number of hydrogen-bond donors (Lipinski definition) is 0. The van der Waals surface area contributed by atoms with E-state index in [-0.39, 0.29) is 0 Å². The van der Waals surface area contributed by atoms with Crippen LogP contribution < -0.4 is 4.90 Å². The normalized spacial score (nSPS) is 11.8. The van der Waals surface area contributed by atoms with E-state index in [4.69, 9.17) is 13.3 Å². The van der Waals surface area contributed by atoms with Gasteiger partial charge in [-0.15, -0.1) is 0 Å². The van der Waals surface area contributed by atoms with Gasteiger partial charge in [0.1, 0.15) is 16.7 Å². The zero-order chi connectivity index (χ0) is 34.2. The smallest absolute Gasteiger partial charge is 0.227 e. The molecule has 0 aliphatic rings. The van der Waals surface area contributed by atoms with Crippen LogP contribution in [0.1, 0.15) is 0 Å². The number of fused-ring (bicyclic) bond motifs is 9. The number of para-hydroxylation sites is 4. The van der Waals surface area contributed by atoms with Crippen LogP contribution in [0.5, 0.6) is 0 Å². The lowest BCUT2D eigenvalue weighted by molar-refractivity contribution is 0.654. The van der Waals surface area contributed by atoms with Gasteiger partial charge >= 0.3 is 0 Å². The van der Waals surface area contributed by atoms with Crippen molar-refractivity contribution >= 4 is 83.1 Å². The number of benzene rings is 6. The average molecular weight is 670 g/mol. The third kappa shape index (κ3) is 4.31. The van der Waals surface area contributed by atoms with Gasteiger partial charge in [0.2, 0.25) is 11.4 Å². The maximum atomic E-state index is 6.57. The summed E-state index contributed by atoms with van der Waals surface area (Å²) in [5.74, 6) is 0. The van der Waals surface area contributed by atoms with Crippen molar-refractivity contribution in [2.24, 2.45) is 0 Å². The van der Waals surface area contributed by atoms with E-state index in [9.17, 15) is 0 Å². The zero-order valence-electron chi connectivity index (χ0n) is 27.7. The van der Waals surface area contributed by atoms with Crippen molar-refractivity contribution in [1.82, 2.24) is 9.97 Å². The molecule has 6 nitrogen and oxygen atoms in total. The molecule has 11 aromatic rings. The van der Waals surface area contributed by atoms with Crippen LogP contribution >= 0.6 is 0 Å². The first-order chi connectivity index (χ1) is 25.8. The van der Waals surface area contributed by atoms with Crippen LogP contribution in [0.15, 0.2) is 177 Å². The number of nitrogens with zero attached hydrogens (tertiary/aromatic N) is 3. The molecule has 0 fully saturated rings. The summed E-state index contributed by atoms with van der Waals surface area (Å²) in [6.45, 7) is 0. The van der Waals surface area contributed by atoms with E-state index in [1.807, 2.05) is 24.3 Å². The maximum Gasteiger partial charge on any atom is 0.227 e. The molecule has 6 aromatic carbocycles. The molecule has 0 N–H and O–H groups in total. The third-order valence-corrected chi connectivity index (χ3v) is 10.0. The Kier molecular flexibility index (Phi) is 6.15. The van der Waals surface area contributed by atoms with Gasteiger partial charge in [0.05, 0.1) is 5.69 Å². The van der Waals surface area contributed by atoms with Gasteiger partial charge in [-0.1, -0.05) is 91.0 Å². The van der Waals surface area contributed by atoms with Gasteiger partial charge in [-0.3, -0.25) is 0 Å². The third-order valence-electron chi connectivity index (χ3n) is 10.0. The second-order valence-electron chi connectivity index (χ2n) is 13.0. The second kappa shape index (κ2) is 11.2. The fourth-order valence-electron chi connectivity index (χ4n) is 7.64. The highest BCUT2D eigenvalue weighted by molar-refractivity contribution is 6.11. The molecule has 0 saturated carbocycles. The van der Waals surface area contributed by atoms with Crippen molar-refractivity contribution in [3.05, 3.63) is 164 Å². The topological polar surface area (TPSA) is 68.4 Å². The second-order valence-corrected chi connectivity index (χ2v) is 13.0. The molecule has 6 heteroatoms. The van der Waals surface area contributed by atoms with Crippen LogP contribution in [0, 0.1) is 0 Å². The minimum atomic E-state index is 0.642. The fraction of sp³-hybridized carbons (Fsp3) is 0. The van der Waals surface area contributed by atoms with Gasteiger partial charge in [-0.25, -0.2) is 9.97 Å². The van der Waals surface area contributed by atoms with Crippen molar-refractivity contribution < 1.29 is 13.3 Å². The van der Waals surface area contributed by atoms with Crippen LogP contribution in [0.2, 0.25) is 0 Å². The monoisotopic (exact) mass is 669 g/mol. The Morgan fingerprint density at radius 2 is 0.846 bits per heavy atom. The van der Waals surface area contributed by atoms with Crippen LogP contribution in [0.3, 0.4) is 0 Å². The molecule has 0 bridgehead atoms. The summed E-state index contributed by atoms with van der Waals surface area (Å²) in [4.78, 5) is 11.2. The Balaban J connectivity index is 1.06. The summed E-state index contributed by atoms with van der Waals surface area (Å²) in [5.41, 5.74) is 11.7. The predicted molar refractivity (Wildman–Crippen MR) is 209 cm³/mol. The van der Waals surface area contributed by atoms with E-state index in [2.05, 4.69) is 142 Å². The summed E-state index contributed by atoms with van der Waals surface area (Å²) in [5, 5.41) is 6.29. The van der Waals surface area contributed by atoms with Crippen molar-refractivity contribution in [1.29, 1.82) is 0 Å². The van der Waals surface area contributed by atoms with E-state index in [1.165, 1.54) is 0 Å². The molecular formula is C46H27N3O3. The SMILES string of the molecule is c1ccc2c(c1)oc1c(N(c3ccc(-c4cccc5c4oc4ncccc45)cc3)c3ccc(-c4cccc5c4oc4ncccc45)cc3)cccc12. The van der Waals surface area contributed by atoms with Crippen LogP contribution in [0.4, 0.5) is 17.1 Å². The molecule has 52 heavy (non-hydrogen) atoms. The highest BCUT2D eigenvalue weighted by Gasteiger charge is 2.21. The first kappa shape index (κ1) is 28.6. The number of aromatic nitrogens is 2. The Bertz CT molecular complexity index is 2980. The number of anilines is 3. The first-order valence-corrected chi connectivity index (χ1v) is 17.2. The molecule has 0 atom stereocenters. The number of hydrogen-bond acceptors (Lipinski definition) is 6. The van der Waals surface area contributed by atoms with Crippen molar-refractivity contribution in [2.45, 2.75) is 0 Å². The summed E-state index contributed by atoms with van der Waals surface area (Å²) < 4.78 is 19.1. The minimum Gasteiger partial charge on any atom is -0.454 e. The summed E-state index contributed by atoms with van der Waals surface area (Å²) in [6, 6.07) is 52.3. The number of rotatable bonds is 5. The Hall–Kier alpha value is -7.18. The Morgan fingerprint density at radius 3 is 1.42 bits per heavy atom. The summed E-state index contributed by atoms with van der Waals surface area (Å²) in [7, 11) is 0. The fourth-order valence-corrected chi connectivity index (χ4v) is 7.64.